The highest BCUT2D eigenvalue weighted by Crippen LogP contribution is 2.23. The molecule has 0 saturated carbocycles. The monoisotopic (exact) mass is 426 g/mol. The number of benzene rings is 2. The largest absolute Gasteiger partial charge is 0.372 e. The maximum Gasteiger partial charge on any atom is 0.261 e. The summed E-state index contributed by atoms with van der Waals surface area (Å²) in [5, 5.41) is 2.03. The predicted molar refractivity (Wildman–Crippen MR) is 122 cm³/mol. The summed E-state index contributed by atoms with van der Waals surface area (Å²) in [4.78, 5) is 29.4. The fourth-order valence-corrected chi connectivity index (χ4v) is 3.34. The van der Waals surface area contributed by atoms with Crippen LogP contribution in [0.3, 0.4) is 0 Å². The van der Waals surface area contributed by atoms with Crippen LogP contribution in [0.5, 0.6) is 0 Å². The molecule has 6 heteroatoms. The van der Waals surface area contributed by atoms with Gasteiger partial charge in [0.05, 0.1) is 30.4 Å². The van der Waals surface area contributed by atoms with Crippen LogP contribution in [-0.4, -0.2) is 55.1 Å². The maximum absolute atomic E-state index is 11.3. The van der Waals surface area contributed by atoms with Crippen LogP contribution in [0.4, 0.5) is 0 Å². The van der Waals surface area contributed by atoms with Gasteiger partial charge in [0.2, 0.25) is 0 Å². The Kier molecular flexibility index (Phi) is 10.4. The van der Waals surface area contributed by atoms with Gasteiger partial charge in [0, 0.05) is 20.1 Å². The van der Waals surface area contributed by atoms with Gasteiger partial charge < -0.3 is 4.74 Å². The molecular weight excluding hydrogens is 392 g/mol. The average molecular weight is 427 g/mol. The van der Waals surface area contributed by atoms with E-state index in [9.17, 15) is 9.59 Å². The Morgan fingerprint density at radius 3 is 2.10 bits per heavy atom. The van der Waals surface area contributed by atoms with Crippen molar-refractivity contribution in [1.82, 2.24) is 9.96 Å². The molecule has 0 N–H and O–H groups in total. The lowest BCUT2D eigenvalue weighted by Crippen LogP contribution is -2.27. The van der Waals surface area contributed by atoms with Gasteiger partial charge in [0.15, 0.2) is 0 Å². The number of rotatable bonds is 4. The Hall–Kier alpha value is -2.54. The standard InChI is InChI=1S/C14H21NO2.C9H7NO2.C2H6/c1-2-11-17-15-9-8-14(16-12-10-15)13-6-4-3-5-7-13;1-10-8(11)6-4-2-3-5-7(6)9(10)12;1-2/h3-7,14H,2,8-12H2,1H3;2-5H,1H3;1-2H3. The second kappa shape index (κ2) is 13.0. The zero-order valence-corrected chi connectivity index (χ0v) is 19.0. The first-order valence-corrected chi connectivity index (χ1v) is 11.1. The third-order valence-electron chi connectivity index (χ3n) is 4.95. The third kappa shape index (κ3) is 6.72. The van der Waals surface area contributed by atoms with Crippen LogP contribution in [-0.2, 0) is 9.57 Å². The van der Waals surface area contributed by atoms with Gasteiger partial charge in [0.1, 0.15) is 0 Å². The van der Waals surface area contributed by atoms with E-state index >= 15 is 0 Å². The Morgan fingerprint density at radius 1 is 0.935 bits per heavy atom. The van der Waals surface area contributed by atoms with E-state index in [-0.39, 0.29) is 17.9 Å². The summed E-state index contributed by atoms with van der Waals surface area (Å²) in [6.07, 6.45) is 2.26. The highest BCUT2D eigenvalue weighted by Gasteiger charge is 2.31. The Morgan fingerprint density at radius 2 is 1.52 bits per heavy atom. The first-order chi connectivity index (χ1) is 15.1. The molecule has 2 aromatic carbocycles. The molecule has 2 amide bonds. The minimum Gasteiger partial charge on any atom is -0.372 e. The molecule has 4 rings (SSSR count). The molecule has 1 fully saturated rings. The van der Waals surface area contributed by atoms with Gasteiger partial charge in [-0.15, -0.1) is 0 Å². The van der Waals surface area contributed by atoms with E-state index in [4.69, 9.17) is 9.57 Å². The van der Waals surface area contributed by atoms with Gasteiger partial charge in [-0.1, -0.05) is 63.2 Å². The number of carbonyl (C=O) groups is 2. The molecule has 1 atom stereocenters. The summed E-state index contributed by atoms with van der Waals surface area (Å²) in [6, 6.07) is 17.3. The van der Waals surface area contributed by atoms with Crippen LogP contribution in [0.1, 0.15) is 66.0 Å². The van der Waals surface area contributed by atoms with E-state index in [2.05, 4.69) is 31.2 Å². The second-order valence-corrected chi connectivity index (χ2v) is 7.04. The molecule has 31 heavy (non-hydrogen) atoms. The number of hydrogen-bond acceptors (Lipinski definition) is 5. The van der Waals surface area contributed by atoms with Gasteiger partial charge in [-0.3, -0.25) is 19.3 Å². The van der Waals surface area contributed by atoms with Crippen LogP contribution >= 0.6 is 0 Å². The van der Waals surface area contributed by atoms with Crippen molar-refractivity contribution in [1.29, 1.82) is 0 Å². The van der Waals surface area contributed by atoms with E-state index in [0.717, 1.165) is 44.0 Å². The molecular formula is C25H34N2O4. The van der Waals surface area contributed by atoms with E-state index in [1.807, 2.05) is 25.0 Å². The van der Waals surface area contributed by atoms with Crippen molar-refractivity contribution in [2.45, 2.75) is 39.7 Å². The van der Waals surface area contributed by atoms with Crippen molar-refractivity contribution >= 4 is 11.8 Å². The molecule has 2 aromatic rings. The molecule has 2 heterocycles. The lowest BCUT2D eigenvalue weighted by molar-refractivity contribution is -0.157. The topological polar surface area (TPSA) is 59.1 Å². The smallest absolute Gasteiger partial charge is 0.261 e. The van der Waals surface area contributed by atoms with Crippen LogP contribution in [0.2, 0.25) is 0 Å². The van der Waals surface area contributed by atoms with Gasteiger partial charge in [-0.25, -0.2) is 0 Å². The van der Waals surface area contributed by atoms with E-state index in [1.54, 1.807) is 24.3 Å². The number of nitrogens with zero attached hydrogens (tertiary/aromatic N) is 2. The zero-order chi connectivity index (χ0) is 22.6. The zero-order valence-electron chi connectivity index (χ0n) is 19.0. The number of imide groups is 1. The molecule has 0 bridgehead atoms. The summed E-state index contributed by atoms with van der Waals surface area (Å²) in [6.45, 7) is 9.48. The van der Waals surface area contributed by atoms with Crippen LogP contribution in [0.15, 0.2) is 54.6 Å². The van der Waals surface area contributed by atoms with Gasteiger partial charge >= 0.3 is 0 Å². The van der Waals surface area contributed by atoms with E-state index in [1.165, 1.54) is 12.6 Å². The van der Waals surface area contributed by atoms with E-state index < -0.39 is 0 Å². The summed E-state index contributed by atoms with van der Waals surface area (Å²) in [5.41, 5.74) is 2.28. The highest BCUT2D eigenvalue weighted by atomic mass is 16.7. The fourth-order valence-electron chi connectivity index (χ4n) is 3.34. The normalized spacial score (nSPS) is 18.3. The maximum atomic E-state index is 11.3. The van der Waals surface area contributed by atoms with Crippen molar-refractivity contribution in [3.8, 4) is 0 Å². The summed E-state index contributed by atoms with van der Waals surface area (Å²) < 4.78 is 5.88. The Bertz CT molecular complexity index is 790. The minimum atomic E-state index is -0.212. The summed E-state index contributed by atoms with van der Waals surface area (Å²) in [7, 11) is 1.49. The van der Waals surface area contributed by atoms with Crippen LogP contribution in [0.25, 0.3) is 0 Å². The first-order valence-electron chi connectivity index (χ1n) is 11.1. The van der Waals surface area contributed by atoms with Crippen molar-refractivity contribution in [3.63, 3.8) is 0 Å². The summed E-state index contributed by atoms with van der Waals surface area (Å²) in [5.74, 6) is -0.425. The van der Waals surface area contributed by atoms with Crippen molar-refractivity contribution in [2.75, 3.05) is 33.4 Å². The molecule has 168 valence electrons. The molecule has 0 spiro atoms. The number of carbonyl (C=O) groups excluding carboxylic acids is 2. The molecule has 2 aliphatic heterocycles. The molecule has 2 aliphatic rings. The Balaban J connectivity index is 0.000000214. The minimum absolute atomic E-state index is 0.212. The SMILES string of the molecule is CC.CCCON1CCOC(c2ccccc2)CC1.CN1C(=O)c2ccccc2C1=O. The molecule has 1 saturated heterocycles. The van der Waals surface area contributed by atoms with Crippen molar-refractivity contribution in [3.05, 3.63) is 71.3 Å². The lowest BCUT2D eigenvalue weighted by atomic mass is 10.1. The van der Waals surface area contributed by atoms with Crippen LogP contribution in [0, 0.1) is 0 Å². The highest BCUT2D eigenvalue weighted by molar-refractivity contribution is 6.21. The lowest BCUT2D eigenvalue weighted by Gasteiger charge is -2.18. The quantitative estimate of drug-likeness (QED) is 0.662. The van der Waals surface area contributed by atoms with Crippen molar-refractivity contribution < 1.29 is 19.2 Å². The van der Waals surface area contributed by atoms with Gasteiger partial charge in [0.25, 0.3) is 11.8 Å². The number of hydroxylamine groups is 2. The molecule has 0 radical (unpaired) electrons. The average Bonchev–Trinajstić information content (AvgIpc) is 3.00. The van der Waals surface area contributed by atoms with Gasteiger partial charge in [-0.05, 0) is 30.5 Å². The summed E-state index contributed by atoms with van der Waals surface area (Å²) >= 11 is 0. The Labute approximate surface area is 185 Å². The molecule has 1 unspecified atom stereocenters. The first kappa shape index (κ1) is 24.7. The third-order valence-corrected chi connectivity index (χ3v) is 4.95. The molecule has 0 aromatic heterocycles. The second-order valence-electron chi connectivity index (χ2n) is 7.04. The number of ether oxygens (including phenoxy) is 1. The van der Waals surface area contributed by atoms with E-state index in [0.29, 0.717) is 11.1 Å². The molecule has 6 nitrogen and oxygen atoms in total. The number of fused-ring (bicyclic) bond motifs is 1. The molecule has 0 aliphatic carbocycles. The van der Waals surface area contributed by atoms with Gasteiger partial charge in [-0.2, -0.15) is 5.06 Å². The van der Waals surface area contributed by atoms with Crippen molar-refractivity contribution in [2.24, 2.45) is 0 Å². The fraction of sp³-hybridized carbons (Fsp3) is 0.440. The number of hydrogen-bond donors (Lipinski definition) is 0. The van der Waals surface area contributed by atoms with Crippen LogP contribution < -0.4 is 0 Å². The number of amides is 2. The predicted octanol–water partition coefficient (Wildman–Crippen LogP) is 4.73.